The monoisotopic (exact) mass is 413 g/mol. The fourth-order valence-electron chi connectivity index (χ4n) is 1.47. The van der Waals surface area contributed by atoms with E-state index in [1.165, 1.54) is 12.2 Å². The minimum atomic E-state index is 0. The number of hydrogen-bond acceptors (Lipinski definition) is 5. The van der Waals surface area contributed by atoms with Crippen molar-refractivity contribution in [3.05, 3.63) is 11.7 Å². The van der Waals surface area contributed by atoms with Gasteiger partial charge in [-0.15, -0.1) is 24.0 Å². The summed E-state index contributed by atoms with van der Waals surface area (Å²) in [7, 11) is 0. The van der Waals surface area contributed by atoms with Crippen molar-refractivity contribution in [1.29, 1.82) is 0 Å². The Morgan fingerprint density at radius 3 is 2.75 bits per heavy atom. The van der Waals surface area contributed by atoms with Crippen molar-refractivity contribution in [2.75, 3.05) is 25.1 Å². The van der Waals surface area contributed by atoms with Crippen LogP contribution < -0.4 is 10.6 Å². The van der Waals surface area contributed by atoms with Crippen molar-refractivity contribution in [3.63, 3.8) is 0 Å². The molecule has 1 heterocycles. The summed E-state index contributed by atoms with van der Waals surface area (Å²) < 4.78 is 5.02. The summed E-state index contributed by atoms with van der Waals surface area (Å²) in [6.45, 7) is 6.00. The Labute approximate surface area is 142 Å². The van der Waals surface area contributed by atoms with Crippen LogP contribution in [0, 0.1) is 6.92 Å². The Balaban J connectivity index is 0.00000361. The van der Waals surface area contributed by atoms with Gasteiger partial charge < -0.3 is 15.2 Å². The van der Waals surface area contributed by atoms with Gasteiger partial charge in [0.25, 0.3) is 0 Å². The molecule has 0 spiro atoms. The summed E-state index contributed by atoms with van der Waals surface area (Å²) >= 11 is 1.88. The molecule has 0 unspecified atom stereocenters. The number of nitrogens with zero attached hydrogens (tertiary/aromatic N) is 3. The molecule has 6 nitrogen and oxygen atoms in total. The molecular formula is C12H24IN5OS. The number of unbranched alkanes of at least 4 members (excludes halogenated alkanes) is 1. The standard InChI is InChI=1S/C12H23N5OS.HI/c1-4-13-12(14-7-5-6-8-19-3)15-9-11-16-10(2)17-18-11;/h4-9H2,1-3H3,(H2,13,14,15);1H. The highest BCUT2D eigenvalue weighted by Crippen LogP contribution is 1.99. The van der Waals surface area contributed by atoms with Gasteiger partial charge >= 0.3 is 0 Å². The van der Waals surface area contributed by atoms with Gasteiger partial charge in [0.1, 0.15) is 6.54 Å². The van der Waals surface area contributed by atoms with Crippen LogP contribution >= 0.6 is 35.7 Å². The van der Waals surface area contributed by atoms with E-state index in [9.17, 15) is 0 Å². The summed E-state index contributed by atoms with van der Waals surface area (Å²) in [6, 6.07) is 0. The van der Waals surface area contributed by atoms with Crippen LogP contribution in [-0.4, -0.2) is 41.2 Å². The van der Waals surface area contributed by atoms with Crippen molar-refractivity contribution in [1.82, 2.24) is 20.8 Å². The van der Waals surface area contributed by atoms with Gasteiger partial charge in [0, 0.05) is 13.1 Å². The van der Waals surface area contributed by atoms with E-state index >= 15 is 0 Å². The average molecular weight is 413 g/mol. The minimum Gasteiger partial charge on any atom is -0.357 e. The van der Waals surface area contributed by atoms with Gasteiger partial charge in [-0.1, -0.05) is 5.16 Å². The number of aliphatic imine (C=N–C) groups is 1. The highest BCUT2D eigenvalue weighted by atomic mass is 127. The van der Waals surface area contributed by atoms with E-state index < -0.39 is 0 Å². The lowest BCUT2D eigenvalue weighted by molar-refractivity contribution is 0.376. The minimum absolute atomic E-state index is 0. The number of aryl methyl sites for hydroxylation is 1. The molecule has 0 aliphatic rings. The number of nitrogens with one attached hydrogen (secondary N) is 2. The molecule has 0 atom stereocenters. The normalized spacial score (nSPS) is 11.1. The number of hydrogen-bond donors (Lipinski definition) is 2. The summed E-state index contributed by atoms with van der Waals surface area (Å²) in [6.07, 6.45) is 4.49. The van der Waals surface area contributed by atoms with Crippen LogP contribution in [0.25, 0.3) is 0 Å². The van der Waals surface area contributed by atoms with Crippen LogP contribution in [-0.2, 0) is 6.54 Å². The van der Waals surface area contributed by atoms with Crippen molar-refractivity contribution < 1.29 is 4.52 Å². The van der Waals surface area contributed by atoms with Crippen molar-refractivity contribution >= 4 is 41.7 Å². The number of rotatable bonds is 8. The lowest BCUT2D eigenvalue weighted by Crippen LogP contribution is -2.37. The van der Waals surface area contributed by atoms with Crippen molar-refractivity contribution in [2.24, 2.45) is 4.99 Å². The van der Waals surface area contributed by atoms with E-state index in [0.717, 1.165) is 25.5 Å². The largest absolute Gasteiger partial charge is 0.357 e. The fourth-order valence-corrected chi connectivity index (χ4v) is 1.96. The van der Waals surface area contributed by atoms with E-state index in [1.807, 2.05) is 18.7 Å². The maximum Gasteiger partial charge on any atom is 0.248 e. The van der Waals surface area contributed by atoms with E-state index in [-0.39, 0.29) is 24.0 Å². The van der Waals surface area contributed by atoms with Gasteiger partial charge in [0.15, 0.2) is 11.8 Å². The first kappa shape index (κ1) is 19.5. The number of halogens is 1. The average Bonchev–Trinajstić information content (AvgIpc) is 2.81. The van der Waals surface area contributed by atoms with Crippen LogP contribution in [0.3, 0.4) is 0 Å². The molecular weight excluding hydrogens is 389 g/mol. The smallest absolute Gasteiger partial charge is 0.248 e. The lowest BCUT2D eigenvalue weighted by Gasteiger charge is -2.10. The van der Waals surface area contributed by atoms with E-state index in [4.69, 9.17) is 4.52 Å². The maximum atomic E-state index is 5.02. The topological polar surface area (TPSA) is 75.3 Å². The molecule has 0 bridgehead atoms. The maximum absolute atomic E-state index is 5.02. The fraction of sp³-hybridized carbons (Fsp3) is 0.750. The Hall–Kier alpha value is -0.510. The molecule has 116 valence electrons. The second-order valence-electron chi connectivity index (χ2n) is 4.06. The summed E-state index contributed by atoms with van der Waals surface area (Å²) in [4.78, 5) is 8.53. The van der Waals surface area contributed by atoms with Crippen LogP contribution in [0.2, 0.25) is 0 Å². The molecule has 0 aromatic carbocycles. The lowest BCUT2D eigenvalue weighted by atomic mass is 10.3. The molecule has 0 aliphatic heterocycles. The van der Waals surface area contributed by atoms with Gasteiger partial charge in [0.2, 0.25) is 5.89 Å². The number of aromatic nitrogens is 2. The zero-order chi connectivity index (χ0) is 13.9. The van der Waals surface area contributed by atoms with Crippen LogP contribution in [0.15, 0.2) is 9.52 Å². The second kappa shape index (κ2) is 12.2. The summed E-state index contributed by atoms with van der Waals surface area (Å²) in [5.74, 6) is 3.18. The molecule has 1 aromatic heterocycles. The van der Waals surface area contributed by atoms with Crippen LogP contribution in [0.4, 0.5) is 0 Å². The molecule has 0 radical (unpaired) electrons. The molecule has 8 heteroatoms. The number of thioether (sulfide) groups is 1. The molecule has 0 aliphatic carbocycles. The predicted molar refractivity (Wildman–Crippen MR) is 94.9 cm³/mol. The van der Waals surface area contributed by atoms with Crippen molar-refractivity contribution in [3.8, 4) is 0 Å². The molecule has 0 amide bonds. The second-order valence-corrected chi connectivity index (χ2v) is 5.04. The van der Waals surface area contributed by atoms with Crippen LogP contribution in [0.5, 0.6) is 0 Å². The Kier molecular flexibility index (Phi) is 11.9. The first-order valence-corrected chi connectivity index (χ1v) is 7.96. The SMILES string of the molecule is CCNC(=NCc1nc(C)no1)NCCCCSC.I. The third kappa shape index (κ3) is 8.62. The van der Waals surface area contributed by atoms with Gasteiger partial charge in [-0.3, -0.25) is 0 Å². The van der Waals surface area contributed by atoms with Crippen molar-refractivity contribution in [2.45, 2.75) is 33.2 Å². The van der Waals surface area contributed by atoms with E-state index in [0.29, 0.717) is 18.3 Å². The Bertz CT molecular complexity index is 386. The predicted octanol–water partition coefficient (Wildman–Crippen LogP) is 2.19. The summed E-state index contributed by atoms with van der Waals surface area (Å²) in [5, 5.41) is 10.2. The zero-order valence-corrected chi connectivity index (χ0v) is 15.5. The van der Waals surface area contributed by atoms with E-state index in [1.54, 1.807) is 6.92 Å². The molecule has 2 N–H and O–H groups in total. The molecule has 0 saturated carbocycles. The van der Waals surface area contributed by atoms with Crippen LogP contribution in [0.1, 0.15) is 31.5 Å². The van der Waals surface area contributed by atoms with Gasteiger partial charge in [-0.2, -0.15) is 16.7 Å². The third-order valence-corrected chi connectivity index (χ3v) is 3.05. The van der Waals surface area contributed by atoms with E-state index in [2.05, 4.69) is 32.0 Å². The first-order valence-electron chi connectivity index (χ1n) is 6.56. The third-order valence-electron chi connectivity index (χ3n) is 2.35. The zero-order valence-electron chi connectivity index (χ0n) is 12.3. The van der Waals surface area contributed by atoms with Gasteiger partial charge in [-0.25, -0.2) is 4.99 Å². The molecule has 20 heavy (non-hydrogen) atoms. The molecule has 1 aromatic rings. The quantitative estimate of drug-likeness (QED) is 0.295. The Morgan fingerprint density at radius 1 is 1.35 bits per heavy atom. The van der Waals surface area contributed by atoms with Gasteiger partial charge in [0.05, 0.1) is 0 Å². The molecule has 0 saturated heterocycles. The highest BCUT2D eigenvalue weighted by Gasteiger charge is 2.02. The Morgan fingerprint density at radius 2 is 2.15 bits per heavy atom. The number of guanidine groups is 1. The molecule has 0 fully saturated rings. The van der Waals surface area contributed by atoms with Gasteiger partial charge in [-0.05, 0) is 38.7 Å². The molecule has 1 rings (SSSR count). The highest BCUT2D eigenvalue weighted by molar-refractivity contribution is 14.0. The first-order chi connectivity index (χ1) is 9.26. The summed E-state index contributed by atoms with van der Waals surface area (Å²) in [5.41, 5.74) is 0.